The summed E-state index contributed by atoms with van der Waals surface area (Å²) in [5.74, 6) is -0.751. The number of hydrogen-bond acceptors (Lipinski definition) is 6. The highest BCUT2D eigenvalue weighted by Crippen LogP contribution is 2.14. The Morgan fingerprint density at radius 1 is 0.963 bits per heavy atom. The summed E-state index contributed by atoms with van der Waals surface area (Å²) < 4.78 is 33.0. The van der Waals surface area contributed by atoms with E-state index < -0.39 is 34.1 Å². The van der Waals surface area contributed by atoms with E-state index in [2.05, 4.69) is 5.32 Å². The van der Waals surface area contributed by atoms with E-state index in [1.54, 1.807) is 24.3 Å². The molecule has 0 saturated heterocycles. The van der Waals surface area contributed by atoms with Crippen molar-refractivity contribution < 1.29 is 27.5 Å². The number of primary sulfonamides is 1. The monoisotopic (exact) mass is 392 g/mol. The molecule has 2 aromatic carbocycles. The van der Waals surface area contributed by atoms with Crippen LogP contribution in [0.25, 0.3) is 0 Å². The number of nitrogens with two attached hydrogens (primary N) is 1. The predicted molar refractivity (Wildman–Crippen MR) is 98.5 cm³/mol. The summed E-state index contributed by atoms with van der Waals surface area (Å²) in [6.07, 6.45) is -1.96. The minimum Gasteiger partial charge on any atom is -0.479 e. The molecule has 8 nitrogen and oxygen atoms in total. The van der Waals surface area contributed by atoms with Crippen molar-refractivity contribution in [2.24, 2.45) is 5.14 Å². The molecule has 0 bridgehead atoms. The molecule has 0 saturated carbocycles. The van der Waals surface area contributed by atoms with Gasteiger partial charge in [-0.05, 0) is 50.2 Å². The van der Waals surface area contributed by atoms with Crippen LogP contribution in [0.2, 0.25) is 0 Å². The Kier molecular flexibility index (Phi) is 6.54. The third-order valence-electron chi connectivity index (χ3n) is 3.50. The van der Waals surface area contributed by atoms with Gasteiger partial charge in [0.2, 0.25) is 10.0 Å². The van der Waals surface area contributed by atoms with Gasteiger partial charge in [0.25, 0.3) is 5.91 Å². The molecule has 0 spiro atoms. The molecular weight excluding hydrogens is 372 g/mol. The first kappa shape index (κ1) is 20.4. The number of amides is 1. The summed E-state index contributed by atoms with van der Waals surface area (Å²) in [5, 5.41) is 7.53. The molecule has 0 unspecified atom stereocenters. The molecule has 27 heavy (non-hydrogen) atoms. The normalized spacial score (nSPS) is 13.3. The maximum absolute atomic E-state index is 12.1. The van der Waals surface area contributed by atoms with Crippen molar-refractivity contribution in [3.05, 3.63) is 54.6 Å². The van der Waals surface area contributed by atoms with Crippen LogP contribution >= 0.6 is 0 Å². The summed E-state index contributed by atoms with van der Waals surface area (Å²) >= 11 is 0. The van der Waals surface area contributed by atoms with Crippen molar-refractivity contribution in [1.82, 2.24) is 0 Å². The van der Waals surface area contributed by atoms with Gasteiger partial charge in [-0.2, -0.15) is 0 Å². The van der Waals surface area contributed by atoms with Crippen molar-refractivity contribution in [2.45, 2.75) is 31.0 Å². The number of carbonyl (C=O) groups is 2. The molecule has 2 rings (SSSR count). The van der Waals surface area contributed by atoms with Gasteiger partial charge in [-0.25, -0.2) is 18.4 Å². The summed E-state index contributed by atoms with van der Waals surface area (Å²) in [4.78, 5) is 24.1. The number of anilines is 1. The molecule has 2 aromatic rings. The molecular formula is C18H20N2O6S. The van der Waals surface area contributed by atoms with Crippen molar-refractivity contribution in [3.8, 4) is 5.75 Å². The van der Waals surface area contributed by atoms with E-state index in [4.69, 9.17) is 14.6 Å². The van der Waals surface area contributed by atoms with Crippen LogP contribution < -0.4 is 15.2 Å². The van der Waals surface area contributed by atoms with E-state index in [-0.39, 0.29) is 4.90 Å². The fraction of sp³-hybridized carbons (Fsp3) is 0.222. The number of ether oxygens (including phenoxy) is 2. The number of sulfonamides is 1. The molecule has 9 heteroatoms. The van der Waals surface area contributed by atoms with Gasteiger partial charge in [0, 0.05) is 5.69 Å². The van der Waals surface area contributed by atoms with Gasteiger partial charge >= 0.3 is 5.97 Å². The van der Waals surface area contributed by atoms with Crippen LogP contribution in [-0.2, 0) is 24.3 Å². The van der Waals surface area contributed by atoms with Gasteiger partial charge in [0.1, 0.15) is 5.75 Å². The molecule has 0 heterocycles. The third kappa shape index (κ3) is 6.08. The molecule has 0 aliphatic heterocycles. The average molecular weight is 392 g/mol. The van der Waals surface area contributed by atoms with E-state index in [0.717, 1.165) is 0 Å². The fourth-order valence-corrected chi connectivity index (χ4v) is 2.56. The molecule has 144 valence electrons. The SMILES string of the molecule is C[C@H](Oc1ccccc1)C(=O)O[C@H](C)C(=O)Nc1ccc(S(N)(=O)=O)cc1. The highest BCUT2D eigenvalue weighted by Gasteiger charge is 2.23. The number of esters is 1. The number of carbonyl (C=O) groups excluding carboxylic acids is 2. The van der Waals surface area contributed by atoms with Crippen molar-refractivity contribution in [1.29, 1.82) is 0 Å². The smallest absolute Gasteiger partial charge is 0.347 e. The lowest BCUT2D eigenvalue weighted by Gasteiger charge is -2.17. The van der Waals surface area contributed by atoms with Gasteiger partial charge in [0.15, 0.2) is 12.2 Å². The van der Waals surface area contributed by atoms with Crippen LogP contribution in [0.3, 0.4) is 0 Å². The van der Waals surface area contributed by atoms with E-state index >= 15 is 0 Å². The minimum absolute atomic E-state index is 0.0770. The summed E-state index contributed by atoms with van der Waals surface area (Å²) in [6.45, 7) is 2.94. The van der Waals surface area contributed by atoms with Crippen LogP contribution in [-0.4, -0.2) is 32.5 Å². The quantitative estimate of drug-likeness (QED) is 0.691. The lowest BCUT2D eigenvalue weighted by Crippen LogP contribution is -2.35. The summed E-state index contributed by atoms with van der Waals surface area (Å²) in [5.41, 5.74) is 0.337. The zero-order valence-electron chi connectivity index (χ0n) is 14.8. The lowest BCUT2D eigenvalue weighted by atomic mass is 10.3. The first-order valence-corrected chi connectivity index (χ1v) is 9.57. The topological polar surface area (TPSA) is 125 Å². The molecule has 0 aromatic heterocycles. The maximum Gasteiger partial charge on any atom is 0.347 e. The minimum atomic E-state index is -3.81. The molecule has 1 amide bonds. The molecule has 0 radical (unpaired) electrons. The Bertz CT molecular complexity index is 897. The second-order valence-corrected chi connectivity index (χ2v) is 7.27. The summed E-state index contributed by atoms with van der Waals surface area (Å²) in [7, 11) is -3.81. The highest BCUT2D eigenvalue weighted by atomic mass is 32.2. The average Bonchev–Trinajstić information content (AvgIpc) is 2.62. The molecule has 0 aliphatic rings. The number of hydrogen-bond donors (Lipinski definition) is 2. The molecule has 2 atom stereocenters. The van der Waals surface area contributed by atoms with Crippen molar-refractivity contribution in [2.75, 3.05) is 5.32 Å². The van der Waals surface area contributed by atoms with E-state index in [9.17, 15) is 18.0 Å². The second-order valence-electron chi connectivity index (χ2n) is 5.71. The van der Waals surface area contributed by atoms with Crippen LogP contribution in [0.5, 0.6) is 5.75 Å². The molecule has 0 fully saturated rings. The fourth-order valence-electron chi connectivity index (χ4n) is 2.05. The predicted octanol–water partition coefficient (Wildman–Crippen LogP) is 1.67. The van der Waals surface area contributed by atoms with Gasteiger partial charge in [-0.15, -0.1) is 0 Å². The highest BCUT2D eigenvalue weighted by molar-refractivity contribution is 7.89. The van der Waals surface area contributed by atoms with Crippen molar-refractivity contribution >= 4 is 27.6 Å². The van der Waals surface area contributed by atoms with Gasteiger partial charge in [0.05, 0.1) is 4.90 Å². The number of rotatable bonds is 7. The number of benzene rings is 2. The van der Waals surface area contributed by atoms with Crippen LogP contribution in [0.1, 0.15) is 13.8 Å². The second kappa shape index (κ2) is 8.65. The third-order valence-corrected chi connectivity index (χ3v) is 4.43. The van der Waals surface area contributed by atoms with Crippen LogP contribution in [0.15, 0.2) is 59.5 Å². The Labute approximate surface area is 157 Å². The maximum atomic E-state index is 12.1. The van der Waals surface area contributed by atoms with Gasteiger partial charge in [-0.3, -0.25) is 4.79 Å². The van der Waals surface area contributed by atoms with Crippen LogP contribution in [0, 0.1) is 0 Å². The Morgan fingerprint density at radius 3 is 2.11 bits per heavy atom. The van der Waals surface area contributed by atoms with E-state index in [1.165, 1.54) is 38.1 Å². The van der Waals surface area contributed by atoms with Gasteiger partial charge in [-0.1, -0.05) is 18.2 Å². The molecule has 3 N–H and O–H groups in total. The van der Waals surface area contributed by atoms with E-state index in [1.807, 2.05) is 6.07 Å². The van der Waals surface area contributed by atoms with Crippen LogP contribution in [0.4, 0.5) is 5.69 Å². The van der Waals surface area contributed by atoms with Crippen molar-refractivity contribution in [3.63, 3.8) is 0 Å². The largest absolute Gasteiger partial charge is 0.479 e. The first-order chi connectivity index (χ1) is 12.7. The number of nitrogens with one attached hydrogen (secondary N) is 1. The Morgan fingerprint density at radius 2 is 1.56 bits per heavy atom. The first-order valence-electron chi connectivity index (χ1n) is 8.03. The van der Waals surface area contributed by atoms with E-state index in [0.29, 0.717) is 11.4 Å². The Balaban J connectivity index is 1.90. The lowest BCUT2D eigenvalue weighted by molar-refractivity contribution is -0.159. The Hall–Kier alpha value is -2.91. The standard InChI is InChI=1S/C18H20N2O6S/c1-12(26-18(22)13(2)25-15-6-4-3-5-7-15)17(21)20-14-8-10-16(11-9-14)27(19,23)24/h3-13H,1-2H3,(H,20,21)(H2,19,23,24)/t12-,13+/m1/s1. The zero-order valence-corrected chi connectivity index (χ0v) is 15.6. The molecule has 0 aliphatic carbocycles. The van der Waals surface area contributed by atoms with Gasteiger partial charge < -0.3 is 14.8 Å². The zero-order chi connectivity index (χ0) is 20.0. The summed E-state index contributed by atoms with van der Waals surface area (Å²) in [6, 6.07) is 14.0. The number of para-hydroxylation sites is 1.